The summed E-state index contributed by atoms with van der Waals surface area (Å²) in [5.41, 5.74) is 1.81. The third kappa shape index (κ3) is 10.6. The molecule has 3 unspecified atom stereocenters. The average molecular weight is 691 g/mol. The number of carbonyl (C=O) groups excluding carboxylic acids is 2. The zero-order valence-electron chi connectivity index (χ0n) is 27.6. The summed E-state index contributed by atoms with van der Waals surface area (Å²) in [6.45, 7) is 8.23. The van der Waals surface area contributed by atoms with Crippen molar-refractivity contribution in [3.8, 4) is 0 Å². The van der Waals surface area contributed by atoms with Gasteiger partial charge in [0.1, 0.15) is 5.69 Å². The Bertz CT molecular complexity index is 1300. The summed E-state index contributed by atoms with van der Waals surface area (Å²) < 4.78 is 0. The van der Waals surface area contributed by atoms with E-state index in [0.717, 1.165) is 43.7 Å². The third-order valence-electron chi connectivity index (χ3n) is 8.81. The largest absolute Gasteiger partial charge is 0.340 e. The molecule has 3 atom stereocenters. The van der Waals surface area contributed by atoms with E-state index in [-0.39, 0.29) is 21.9 Å². The number of hydrazone groups is 1. The maximum atomic E-state index is 13.9. The van der Waals surface area contributed by atoms with Crippen LogP contribution in [0.2, 0.25) is 15.1 Å². The van der Waals surface area contributed by atoms with Crippen LogP contribution >= 0.6 is 34.8 Å². The number of hydrogen-bond donors (Lipinski definition) is 2. The van der Waals surface area contributed by atoms with Crippen molar-refractivity contribution >= 4 is 69.5 Å². The quantitative estimate of drug-likeness (QED) is 0.172. The van der Waals surface area contributed by atoms with Gasteiger partial charge in [-0.15, -0.1) is 5.10 Å². The molecule has 0 radical (unpaired) electrons. The molecule has 7 nitrogen and oxygen atoms in total. The summed E-state index contributed by atoms with van der Waals surface area (Å²) in [4.78, 5) is 28.7. The van der Waals surface area contributed by atoms with E-state index in [0.29, 0.717) is 34.8 Å². The van der Waals surface area contributed by atoms with Crippen LogP contribution in [-0.4, -0.2) is 41.7 Å². The molecule has 2 aliphatic heterocycles. The Morgan fingerprint density at radius 3 is 1.91 bits per heavy atom. The number of likely N-dealkylation sites (tertiary alicyclic amines) is 1. The number of nitrogens with one attached hydrogen (secondary N) is 2. The third-order valence-corrected chi connectivity index (χ3v) is 9.61. The van der Waals surface area contributed by atoms with Gasteiger partial charge >= 0.3 is 0 Å². The number of hydrogen-bond acceptors (Lipinski definition) is 5. The molecule has 1 fully saturated rings. The highest BCUT2D eigenvalue weighted by Crippen LogP contribution is 2.39. The fourth-order valence-electron chi connectivity index (χ4n) is 6.64. The second-order valence-electron chi connectivity index (χ2n) is 13.2. The van der Waals surface area contributed by atoms with Crippen molar-refractivity contribution in [1.29, 1.82) is 0 Å². The van der Waals surface area contributed by atoms with E-state index in [1.54, 1.807) is 12.1 Å². The monoisotopic (exact) mass is 689 g/mol. The summed E-state index contributed by atoms with van der Waals surface area (Å²) in [6.07, 6.45) is 15.5. The van der Waals surface area contributed by atoms with E-state index < -0.39 is 6.04 Å². The molecular weight excluding hydrogens is 641 g/mol. The molecule has 2 amide bonds. The van der Waals surface area contributed by atoms with Crippen molar-refractivity contribution in [2.24, 2.45) is 16.9 Å². The van der Waals surface area contributed by atoms with Crippen LogP contribution in [0.15, 0.2) is 41.5 Å². The number of unbranched alkanes of at least 4 members (excludes halogenated alkanes) is 10. The van der Waals surface area contributed by atoms with Gasteiger partial charge in [-0.25, -0.2) is 0 Å². The lowest BCUT2D eigenvalue weighted by atomic mass is 9.90. The Labute approximate surface area is 290 Å². The van der Waals surface area contributed by atoms with Crippen molar-refractivity contribution in [2.75, 3.05) is 28.7 Å². The normalized spacial score (nSPS) is 20.2. The lowest BCUT2D eigenvalue weighted by Crippen LogP contribution is -2.53. The number of anilines is 3. The van der Waals surface area contributed by atoms with Gasteiger partial charge in [0.2, 0.25) is 5.91 Å². The Balaban J connectivity index is 1.32. The molecule has 0 spiro atoms. The molecule has 46 heavy (non-hydrogen) atoms. The van der Waals surface area contributed by atoms with Crippen LogP contribution in [0.1, 0.15) is 104 Å². The van der Waals surface area contributed by atoms with Gasteiger partial charge in [-0.05, 0) is 61.1 Å². The van der Waals surface area contributed by atoms with Crippen LogP contribution in [0.25, 0.3) is 0 Å². The minimum atomic E-state index is -0.613. The number of amidine groups is 1. The molecule has 2 aliphatic rings. The summed E-state index contributed by atoms with van der Waals surface area (Å²) in [6, 6.07) is 10.00. The van der Waals surface area contributed by atoms with Crippen LogP contribution in [0.3, 0.4) is 0 Å². The van der Waals surface area contributed by atoms with Crippen LogP contribution in [0.4, 0.5) is 17.1 Å². The fraction of sp³-hybridized carbons (Fsp3) is 0.583. The van der Waals surface area contributed by atoms with Gasteiger partial charge in [0.15, 0.2) is 11.9 Å². The van der Waals surface area contributed by atoms with Crippen molar-refractivity contribution in [2.45, 2.75) is 110 Å². The first kappa shape index (κ1) is 36.5. The molecule has 2 aromatic carbocycles. The number of carbonyl (C=O) groups is 2. The van der Waals surface area contributed by atoms with E-state index in [1.165, 1.54) is 62.8 Å². The minimum Gasteiger partial charge on any atom is -0.340 e. The standard InChI is InChI=1S/C36H50Cl3N5O2/c1-4-5-6-7-8-9-10-11-12-13-14-15-32(45)40-28-16-18-29(19-17-28)41-35-34(43-23-25(2)20-26(3)24-43)36(46)44(42-35)33-30(38)21-27(37)22-31(33)39/h16-19,21-22,25-26,34H,4-15,20,23-24H2,1-3H3,(H,40,45)(H,41,42). The number of benzene rings is 2. The zero-order valence-corrected chi connectivity index (χ0v) is 29.9. The number of amides is 2. The molecule has 0 bridgehead atoms. The highest BCUT2D eigenvalue weighted by molar-refractivity contribution is 6.43. The topological polar surface area (TPSA) is 77.0 Å². The van der Waals surface area contributed by atoms with Gasteiger partial charge in [0, 0.05) is 35.9 Å². The molecule has 10 heteroatoms. The maximum absolute atomic E-state index is 13.9. The predicted molar refractivity (Wildman–Crippen MR) is 194 cm³/mol. The molecule has 2 heterocycles. The highest BCUT2D eigenvalue weighted by Gasteiger charge is 2.44. The lowest BCUT2D eigenvalue weighted by molar-refractivity contribution is -0.121. The second-order valence-corrected chi connectivity index (χ2v) is 14.4. The van der Waals surface area contributed by atoms with Gasteiger partial charge in [-0.3, -0.25) is 14.5 Å². The molecule has 252 valence electrons. The van der Waals surface area contributed by atoms with Crippen molar-refractivity contribution in [3.05, 3.63) is 51.5 Å². The molecule has 2 N–H and O–H groups in total. The lowest BCUT2D eigenvalue weighted by Gasteiger charge is -2.38. The van der Waals surface area contributed by atoms with Crippen LogP contribution < -0.4 is 15.6 Å². The van der Waals surface area contributed by atoms with Gasteiger partial charge in [-0.2, -0.15) is 5.01 Å². The Hall–Kier alpha value is -2.32. The molecule has 0 aromatic heterocycles. The molecule has 4 rings (SSSR count). The second kappa shape index (κ2) is 18.3. The van der Waals surface area contributed by atoms with E-state index in [9.17, 15) is 9.59 Å². The van der Waals surface area contributed by atoms with Gasteiger partial charge in [-0.1, -0.05) is 120 Å². The van der Waals surface area contributed by atoms with Crippen LogP contribution in [-0.2, 0) is 9.59 Å². The Morgan fingerprint density at radius 1 is 0.826 bits per heavy atom. The van der Waals surface area contributed by atoms with E-state index in [1.807, 2.05) is 24.3 Å². The van der Waals surface area contributed by atoms with E-state index in [4.69, 9.17) is 39.9 Å². The molecule has 0 saturated carbocycles. The van der Waals surface area contributed by atoms with Gasteiger partial charge < -0.3 is 10.6 Å². The number of piperidine rings is 1. The molecule has 2 aromatic rings. The molecular formula is C36H50Cl3N5O2. The minimum absolute atomic E-state index is 0.0307. The van der Waals surface area contributed by atoms with E-state index >= 15 is 0 Å². The first-order chi connectivity index (χ1) is 22.2. The first-order valence-corrected chi connectivity index (χ1v) is 18.3. The number of rotatable bonds is 16. The highest BCUT2D eigenvalue weighted by atomic mass is 35.5. The van der Waals surface area contributed by atoms with Gasteiger partial charge in [0.25, 0.3) is 5.91 Å². The van der Waals surface area contributed by atoms with Crippen molar-refractivity contribution in [3.63, 3.8) is 0 Å². The summed E-state index contributed by atoms with van der Waals surface area (Å²) >= 11 is 19.2. The van der Waals surface area contributed by atoms with Crippen LogP contribution in [0, 0.1) is 11.8 Å². The maximum Gasteiger partial charge on any atom is 0.272 e. The summed E-state index contributed by atoms with van der Waals surface area (Å²) in [5.74, 6) is 1.20. The zero-order chi connectivity index (χ0) is 33.1. The van der Waals surface area contributed by atoms with Crippen LogP contribution in [0.5, 0.6) is 0 Å². The number of nitrogens with zero attached hydrogens (tertiary/aromatic N) is 3. The average Bonchev–Trinajstić information content (AvgIpc) is 3.30. The SMILES string of the molecule is CCCCCCCCCCCCCC(=O)Nc1ccc(NC2=NN(c3c(Cl)cc(Cl)cc3Cl)C(=O)C2N2CC(C)CC(C)C2)cc1. The first-order valence-electron chi connectivity index (χ1n) is 17.1. The predicted octanol–water partition coefficient (Wildman–Crippen LogP) is 10.4. The number of halogens is 3. The van der Waals surface area contributed by atoms with Gasteiger partial charge in [0.05, 0.1) is 10.0 Å². The summed E-state index contributed by atoms with van der Waals surface area (Å²) in [5, 5.41) is 13.3. The smallest absolute Gasteiger partial charge is 0.272 e. The Morgan fingerprint density at radius 2 is 1.35 bits per heavy atom. The summed E-state index contributed by atoms with van der Waals surface area (Å²) in [7, 11) is 0. The van der Waals surface area contributed by atoms with Crippen molar-refractivity contribution in [1.82, 2.24) is 4.90 Å². The fourth-order valence-corrected chi connectivity index (χ4v) is 7.62. The molecule has 0 aliphatic carbocycles. The molecule has 1 saturated heterocycles. The Kier molecular flexibility index (Phi) is 14.5. The van der Waals surface area contributed by atoms with E-state index in [2.05, 4.69) is 36.3 Å². The van der Waals surface area contributed by atoms with Crippen molar-refractivity contribution < 1.29 is 9.59 Å².